The molecule has 0 atom stereocenters. The summed E-state index contributed by atoms with van der Waals surface area (Å²) in [6, 6.07) is 1.14. The van der Waals surface area contributed by atoms with Crippen LogP contribution in [0.4, 0.5) is 31.1 Å². The number of alkyl carbamates (subject to hydrolysis) is 1. The van der Waals surface area contributed by atoms with Crippen molar-refractivity contribution in [3.05, 3.63) is 34.4 Å². The van der Waals surface area contributed by atoms with Gasteiger partial charge in [-0.25, -0.2) is 4.79 Å². The van der Waals surface area contributed by atoms with Crippen molar-refractivity contribution in [3.8, 4) is 0 Å². The minimum atomic E-state index is -4.93. The molecule has 0 unspecified atom stereocenters. The van der Waals surface area contributed by atoms with Crippen LogP contribution in [0.25, 0.3) is 0 Å². The van der Waals surface area contributed by atoms with Gasteiger partial charge >= 0.3 is 18.4 Å². The number of rotatable bonds is 2. The number of alkyl halides is 6. The molecule has 1 aromatic rings. The van der Waals surface area contributed by atoms with Crippen LogP contribution in [0.15, 0.2) is 12.1 Å². The Morgan fingerprint density at radius 3 is 1.86 bits per heavy atom. The Morgan fingerprint density at radius 1 is 1.10 bits per heavy atom. The molecule has 0 aliphatic heterocycles. The van der Waals surface area contributed by atoms with Gasteiger partial charge in [0.25, 0.3) is 0 Å². The first-order valence-corrected chi connectivity index (χ1v) is 5.56. The van der Waals surface area contributed by atoms with E-state index in [1.807, 2.05) is 5.32 Å². The number of benzene rings is 1. The van der Waals surface area contributed by atoms with E-state index in [4.69, 9.17) is 0 Å². The first-order valence-electron chi connectivity index (χ1n) is 5.56. The lowest BCUT2D eigenvalue weighted by molar-refractivity contribution is -0.144. The van der Waals surface area contributed by atoms with Crippen LogP contribution < -0.4 is 5.32 Å². The van der Waals surface area contributed by atoms with E-state index in [1.54, 1.807) is 0 Å². The Hall–Kier alpha value is -1.93. The summed E-state index contributed by atoms with van der Waals surface area (Å²) < 4.78 is 80.9. The van der Waals surface area contributed by atoms with Crippen molar-refractivity contribution < 1.29 is 35.9 Å². The fraction of sp³-hybridized carbons (Fsp3) is 0.417. The van der Waals surface area contributed by atoms with Gasteiger partial charge in [-0.05, 0) is 30.2 Å². The maximum atomic E-state index is 12.8. The van der Waals surface area contributed by atoms with Gasteiger partial charge < -0.3 is 10.1 Å². The minimum absolute atomic E-state index is 0.328. The molecule has 118 valence electrons. The number of nitrogens with one attached hydrogen (secondary N) is 1. The average Bonchev–Trinajstić information content (AvgIpc) is 2.34. The number of amides is 1. The number of halogens is 6. The van der Waals surface area contributed by atoms with Gasteiger partial charge in [-0.3, -0.25) is 0 Å². The van der Waals surface area contributed by atoms with Crippen LogP contribution in [0.1, 0.15) is 22.3 Å². The number of methoxy groups -OCH3 is 1. The topological polar surface area (TPSA) is 38.3 Å². The van der Waals surface area contributed by atoms with Crippen molar-refractivity contribution in [2.24, 2.45) is 0 Å². The average molecular weight is 315 g/mol. The summed E-state index contributed by atoms with van der Waals surface area (Å²) in [7, 11) is 1.02. The molecule has 0 heterocycles. The summed E-state index contributed by atoms with van der Waals surface area (Å²) in [4.78, 5) is 10.8. The Bertz CT molecular complexity index is 501. The normalized spacial score (nSPS) is 12.2. The van der Waals surface area contributed by atoms with Crippen LogP contribution in [0.2, 0.25) is 0 Å². The summed E-state index contributed by atoms with van der Waals surface area (Å²) in [6.07, 6.45) is -10.8. The largest absolute Gasteiger partial charge is 0.453 e. The smallest absolute Gasteiger partial charge is 0.416 e. The van der Waals surface area contributed by atoms with Crippen LogP contribution in [0.3, 0.4) is 0 Å². The molecule has 1 amide bonds. The van der Waals surface area contributed by atoms with E-state index in [2.05, 4.69) is 4.74 Å². The Morgan fingerprint density at radius 2 is 1.52 bits per heavy atom. The predicted molar refractivity (Wildman–Crippen MR) is 60.4 cm³/mol. The molecular formula is C12H11F6NO2. The highest BCUT2D eigenvalue weighted by molar-refractivity contribution is 5.66. The second-order valence-electron chi connectivity index (χ2n) is 4.16. The molecule has 0 radical (unpaired) electrons. The summed E-state index contributed by atoms with van der Waals surface area (Å²) >= 11 is 0. The zero-order valence-corrected chi connectivity index (χ0v) is 10.9. The molecule has 0 saturated carbocycles. The van der Waals surface area contributed by atoms with E-state index in [-0.39, 0.29) is 5.56 Å². The highest BCUT2D eigenvalue weighted by Gasteiger charge is 2.39. The highest BCUT2D eigenvalue weighted by atomic mass is 19.4. The van der Waals surface area contributed by atoms with Gasteiger partial charge in [-0.2, -0.15) is 26.3 Å². The molecule has 0 fully saturated rings. The lowest BCUT2D eigenvalue weighted by Gasteiger charge is -2.18. The van der Waals surface area contributed by atoms with E-state index in [9.17, 15) is 31.1 Å². The minimum Gasteiger partial charge on any atom is -0.453 e. The molecule has 1 aromatic carbocycles. The van der Waals surface area contributed by atoms with Gasteiger partial charge in [-0.15, -0.1) is 0 Å². The highest BCUT2D eigenvalue weighted by Crippen LogP contribution is 2.39. The number of hydrogen-bond donors (Lipinski definition) is 1. The Kier molecular flexibility index (Phi) is 4.75. The SMILES string of the molecule is COC(=O)NCc1cc(C(F)(F)F)c(C)c(C(F)(F)F)c1. The third-order valence-corrected chi connectivity index (χ3v) is 2.70. The molecule has 3 nitrogen and oxygen atoms in total. The first-order chi connectivity index (χ1) is 9.46. The third-order valence-electron chi connectivity index (χ3n) is 2.70. The van der Waals surface area contributed by atoms with Crippen LogP contribution in [-0.4, -0.2) is 13.2 Å². The van der Waals surface area contributed by atoms with Gasteiger partial charge in [0.05, 0.1) is 18.2 Å². The van der Waals surface area contributed by atoms with E-state index in [0.717, 1.165) is 14.0 Å². The van der Waals surface area contributed by atoms with Crippen molar-refractivity contribution in [1.82, 2.24) is 5.32 Å². The van der Waals surface area contributed by atoms with Crippen molar-refractivity contribution in [2.75, 3.05) is 7.11 Å². The molecule has 9 heteroatoms. The third kappa shape index (κ3) is 4.27. The molecule has 0 aromatic heterocycles. The second-order valence-corrected chi connectivity index (χ2v) is 4.16. The van der Waals surface area contributed by atoms with Gasteiger partial charge in [0.2, 0.25) is 0 Å². The molecule has 0 aliphatic rings. The van der Waals surface area contributed by atoms with Crippen molar-refractivity contribution in [3.63, 3.8) is 0 Å². The molecule has 21 heavy (non-hydrogen) atoms. The molecule has 1 N–H and O–H groups in total. The number of hydrogen-bond acceptors (Lipinski definition) is 2. The van der Waals surface area contributed by atoms with Crippen LogP contribution in [-0.2, 0) is 23.6 Å². The lowest BCUT2D eigenvalue weighted by Crippen LogP contribution is -2.23. The number of ether oxygens (including phenoxy) is 1. The second kappa shape index (κ2) is 5.82. The maximum Gasteiger partial charge on any atom is 0.416 e. The molecule has 0 aliphatic carbocycles. The van der Waals surface area contributed by atoms with Crippen molar-refractivity contribution >= 4 is 6.09 Å². The zero-order chi connectivity index (χ0) is 16.4. The standard InChI is InChI=1S/C12H11F6NO2/c1-6-8(11(13,14)15)3-7(5-19-10(20)21-2)4-9(6)12(16,17)18/h3-4H,5H2,1-2H3,(H,19,20). The van der Waals surface area contributed by atoms with Crippen LogP contribution in [0.5, 0.6) is 0 Å². The number of carbonyl (C=O) groups excluding carboxylic acids is 1. The quantitative estimate of drug-likeness (QED) is 0.841. The van der Waals surface area contributed by atoms with Crippen molar-refractivity contribution in [2.45, 2.75) is 25.8 Å². The van der Waals surface area contributed by atoms with E-state index >= 15 is 0 Å². The van der Waals surface area contributed by atoms with Crippen LogP contribution in [0, 0.1) is 6.92 Å². The van der Waals surface area contributed by atoms with Crippen LogP contribution >= 0.6 is 0 Å². The molecule has 0 spiro atoms. The zero-order valence-electron chi connectivity index (χ0n) is 10.9. The van der Waals surface area contributed by atoms with Crippen molar-refractivity contribution in [1.29, 1.82) is 0 Å². The molecule has 0 bridgehead atoms. The Balaban J connectivity index is 3.31. The summed E-state index contributed by atoms with van der Waals surface area (Å²) in [6.45, 7) is 0.238. The predicted octanol–water partition coefficient (Wildman–Crippen LogP) is 3.89. The maximum absolute atomic E-state index is 12.8. The number of carbonyl (C=O) groups is 1. The molecule has 0 saturated heterocycles. The van der Waals surface area contributed by atoms with E-state index < -0.39 is 41.7 Å². The molecule has 1 rings (SSSR count). The van der Waals surface area contributed by atoms with E-state index in [1.165, 1.54) is 0 Å². The lowest BCUT2D eigenvalue weighted by atomic mass is 9.97. The van der Waals surface area contributed by atoms with Gasteiger partial charge in [0.1, 0.15) is 0 Å². The fourth-order valence-electron chi connectivity index (χ4n) is 1.71. The molecular weight excluding hydrogens is 304 g/mol. The Labute approximate surface area is 115 Å². The summed E-state index contributed by atoms with van der Waals surface area (Å²) in [5.41, 5.74) is -4.01. The summed E-state index contributed by atoms with van der Waals surface area (Å²) in [5, 5.41) is 2.03. The van der Waals surface area contributed by atoms with Gasteiger partial charge in [0, 0.05) is 6.54 Å². The van der Waals surface area contributed by atoms with Gasteiger partial charge in [-0.1, -0.05) is 0 Å². The monoisotopic (exact) mass is 315 g/mol. The van der Waals surface area contributed by atoms with E-state index in [0.29, 0.717) is 12.1 Å². The first kappa shape index (κ1) is 17.1. The summed E-state index contributed by atoms with van der Waals surface area (Å²) in [5.74, 6) is 0. The fourth-order valence-corrected chi connectivity index (χ4v) is 1.71. The van der Waals surface area contributed by atoms with Gasteiger partial charge in [0.15, 0.2) is 0 Å².